The van der Waals surface area contributed by atoms with Crippen LogP contribution in [0.1, 0.15) is 18.1 Å². The molecule has 20 heavy (non-hydrogen) atoms. The standard InChI is InChI=1S/C18H18O2/c1-15(19)14-17-9-11-18(12-10-17)20-13-5-8-16-6-3-2-4-7-16/h2-4,6-7,9-12,15,19H,13-14H2,1H3. The Morgan fingerprint density at radius 3 is 2.40 bits per heavy atom. The molecule has 2 aromatic rings. The highest BCUT2D eigenvalue weighted by atomic mass is 16.5. The molecule has 0 spiro atoms. The average Bonchev–Trinajstić information content (AvgIpc) is 2.46. The van der Waals surface area contributed by atoms with Crippen molar-refractivity contribution in [3.05, 3.63) is 65.7 Å². The predicted octanol–water partition coefficient (Wildman–Crippen LogP) is 3.04. The lowest BCUT2D eigenvalue weighted by Crippen LogP contribution is -2.03. The number of aliphatic hydroxyl groups excluding tert-OH is 1. The smallest absolute Gasteiger partial charge is 0.149 e. The van der Waals surface area contributed by atoms with Gasteiger partial charge in [0.1, 0.15) is 12.4 Å². The summed E-state index contributed by atoms with van der Waals surface area (Å²) in [7, 11) is 0. The van der Waals surface area contributed by atoms with Gasteiger partial charge in [-0.25, -0.2) is 0 Å². The quantitative estimate of drug-likeness (QED) is 0.862. The molecule has 0 radical (unpaired) electrons. The van der Waals surface area contributed by atoms with Crippen molar-refractivity contribution >= 4 is 0 Å². The van der Waals surface area contributed by atoms with Gasteiger partial charge in [0.05, 0.1) is 6.10 Å². The van der Waals surface area contributed by atoms with Crippen molar-refractivity contribution in [2.24, 2.45) is 0 Å². The third kappa shape index (κ3) is 4.79. The van der Waals surface area contributed by atoms with Gasteiger partial charge < -0.3 is 9.84 Å². The molecule has 0 heterocycles. The lowest BCUT2D eigenvalue weighted by Gasteiger charge is -2.06. The first-order chi connectivity index (χ1) is 9.74. The first-order valence-corrected chi connectivity index (χ1v) is 6.68. The van der Waals surface area contributed by atoms with Gasteiger partial charge in [0.2, 0.25) is 0 Å². The van der Waals surface area contributed by atoms with Gasteiger partial charge in [-0.2, -0.15) is 0 Å². The maximum Gasteiger partial charge on any atom is 0.149 e. The van der Waals surface area contributed by atoms with E-state index in [-0.39, 0.29) is 6.10 Å². The summed E-state index contributed by atoms with van der Waals surface area (Å²) in [6, 6.07) is 17.6. The van der Waals surface area contributed by atoms with E-state index in [0.717, 1.165) is 16.9 Å². The van der Waals surface area contributed by atoms with Gasteiger partial charge in [-0.3, -0.25) is 0 Å². The van der Waals surface area contributed by atoms with Crippen LogP contribution in [0.2, 0.25) is 0 Å². The first kappa shape index (κ1) is 14.2. The Balaban J connectivity index is 1.84. The summed E-state index contributed by atoms with van der Waals surface area (Å²) >= 11 is 0. The average molecular weight is 266 g/mol. The van der Waals surface area contributed by atoms with E-state index >= 15 is 0 Å². The van der Waals surface area contributed by atoms with E-state index in [4.69, 9.17) is 4.74 Å². The monoisotopic (exact) mass is 266 g/mol. The first-order valence-electron chi connectivity index (χ1n) is 6.68. The summed E-state index contributed by atoms with van der Waals surface area (Å²) in [5, 5.41) is 9.31. The van der Waals surface area contributed by atoms with E-state index in [1.165, 1.54) is 0 Å². The number of rotatable bonds is 4. The zero-order valence-electron chi connectivity index (χ0n) is 11.5. The van der Waals surface area contributed by atoms with Gasteiger partial charge in [-0.1, -0.05) is 42.2 Å². The van der Waals surface area contributed by atoms with Crippen molar-refractivity contribution in [3.63, 3.8) is 0 Å². The third-order valence-corrected chi connectivity index (χ3v) is 2.77. The summed E-state index contributed by atoms with van der Waals surface area (Å²) < 4.78 is 5.55. The Hall–Kier alpha value is -2.24. The van der Waals surface area contributed by atoms with Gasteiger partial charge in [0.15, 0.2) is 0 Å². The van der Waals surface area contributed by atoms with Crippen LogP contribution in [0, 0.1) is 11.8 Å². The van der Waals surface area contributed by atoms with E-state index in [1.807, 2.05) is 54.6 Å². The van der Waals surface area contributed by atoms with Crippen LogP contribution in [0.5, 0.6) is 5.75 Å². The van der Waals surface area contributed by atoms with E-state index in [2.05, 4.69) is 11.8 Å². The van der Waals surface area contributed by atoms with Crippen LogP contribution in [-0.4, -0.2) is 17.8 Å². The molecule has 0 bridgehead atoms. The third-order valence-electron chi connectivity index (χ3n) is 2.77. The molecule has 1 unspecified atom stereocenters. The number of aliphatic hydroxyl groups is 1. The van der Waals surface area contributed by atoms with Gasteiger partial charge in [0.25, 0.3) is 0 Å². The predicted molar refractivity (Wildman–Crippen MR) is 80.6 cm³/mol. The van der Waals surface area contributed by atoms with Crippen LogP contribution < -0.4 is 4.74 Å². The fourth-order valence-electron chi connectivity index (χ4n) is 1.84. The van der Waals surface area contributed by atoms with Crippen LogP contribution >= 0.6 is 0 Å². The van der Waals surface area contributed by atoms with Crippen molar-refractivity contribution in [1.29, 1.82) is 0 Å². The lowest BCUT2D eigenvalue weighted by molar-refractivity contribution is 0.195. The molecule has 0 aliphatic rings. The van der Waals surface area contributed by atoms with E-state index in [1.54, 1.807) is 6.92 Å². The van der Waals surface area contributed by atoms with Crippen molar-refractivity contribution in [3.8, 4) is 17.6 Å². The minimum absolute atomic E-state index is 0.321. The summed E-state index contributed by atoms with van der Waals surface area (Å²) in [4.78, 5) is 0. The second-order valence-corrected chi connectivity index (χ2v) is 4.65. The zero-order chi connectivity index (χ0) is 14.2. The molecule has 2 heteroatoms. The summed E-state index contributed by atoms with van der Waals surface area (Å²) in [5.41, 5.74) is 2.09. The normalized spacial score (nSPS) is 11.3. The van der Waals surface area contributed by atoms with Gasteiger partial charge in [0, 0.05) is 5.56 Å². The second kappa shape index (κ2) is 7.37. The Bertz CT molecular complexity index is 574. The number of benzene rings is 2. The maximum absolute atomic E-state index is 9.31. The summed E-state index contributed by atoms with van der Waals surface area (Å²) in [6.07, 6.45) is 0.340. The van der Waals surface area contributed by atoms with Crippen molar-refractivity contribution in [2.45, 2.75) is 19.4 Å². The highest BCUT2D eigenvalue weighted by molar-refractivity contribution is 5.34. The molecular weight excluding hydrogens is 248 g/mol. The molecule has 2 rings (SSSR count). The maximum atomic E-state index is 9.31. The fourth-order valence-corrected chi connectivity index (χ4v) is 1.84. The van der Waals surface area contributed by atoms with E-state index in [9.17, 15) is 5.11 Å². The molecule has 102 valence electrons. The van der Waals surface area contributed by atoms with Crippen LogP contribution in [0.3, 0.4) is 0 Å². The second-order valence-electron chi connectivity index (χ2n) is 4.65. The van der Waals surface area contributed by atoms with Crippen molar-refractivity contribution < 1.29 is 9.84 Å². The Morgan fingerprint density at radius 1 is 1.05 bits per heavy atom. The SMILES string of the molecule is CC(O)Cc1ccc(OCC#Cc2ccccc2)cc1. The van der Waals surface area contributed by atoms with Crippen molar-refractivity contribution in [1.82, 2.24) is 0 Å². The topological polar surface area (TPSA) is 29.5 Å². The molecule has 0 saturated carbocycles. The Labute approximate surface area is 120 Å². The van der Waals surface area contributed by atoms with E-state index in [0.29, 0.717) is 13.0 Å². The van der Waals surface area contributed by atoms with Crippen LogP contribution in [-0.2, 0) is 6.42 Å². The fraction of sp³-hybridized carbons (Fsp3) is 0.222. The van der Waals surface area contributed by atoms with Crippen LogP contribution in [0.15, 0.2) is 54.6 Å². The summed E-state index contributed by atoms with van der Waals surface area (Å²) in [5.74, 6) is 6.82. The molecule has 0 saturated heterocycles. The molecule has 1 N–H and O–H groups in total. The number of ether oxygens (including phenoxy) is 1. The molecular formula is C18H18O2. The van der Waals surface area contributed by atoms with Crippen molar-refractivity contribution in [2.75, 3.05) is 6.61 Å². The molecule has 1 atom stereocenters. The molecule has 2 nitrogen and oxygen atoms in total. The molecule has 0 aromatic heterocycles. The highest BCUT2D eigenvalue weighted by Crippen LogP contribution is 2.13. The minimum atomic E-state index is -0.321. The molecule has 0 aliphatic carbocycles. The number of hydrogen-bond acceptors (Lipinski definition) is 2. The lowest BCUT2D eigenvalue weighted by atomic mass is 10.1. The summed E-state index contributed by atoms with van der Waals surface area (Å²) in [6.45, 7) is 2.15. The van der Waals surface area contributed by atoms with Crippen LogP contribution in [0.25, 0.3) is 0 Å². The Kier molecular flexibility index (Phi) is 5.23. The van der Waals surface area contributed by atoms with E-state index < -0.39 is 0 Å². The molecule has 0 fully saturated rings. The number of hydrogen-bond donors (Lipinski definition) is 1. The minimum Gasteiger partial charge on any atom is -0.481 e. The molecule has 0 aliphatic heterocycles. The molecule has 0 amide bonds. The van der Waals surface area contributed by atoms with Crippen LogP contribution in [0.4, 0.5) is 0 Å². The highest BCUT2D eigenvalue weighted by Gasteiger charge is 1.99. The van der Waals surface area contributed by atoms with Gasteiger partial charge in [-0.05, 0) is 43.2 Å². The van der Waals surface area contributed by atoms with Gasteiger partial charge >= 0.3 is 0 Å². The zero-order valence-corrected chi connectivity index (χ0v) is 11.5. The Morgan fingerprint density at radius 2 is 1.75 bits per heavy atom. The molecule has 2 aromatic carbocycles. The van der Waals surface area contributed by atoms with Gasteiger partial charge in [-0.15, -0.1) is 0 Å². The largest absolute Gasteiger partial charge is 0.481 e.